The number of benzene rings is 1. The Labute approximate surface area is 127 Å². The van der Waals surface area contributed by atoms with Crippen LogP contribution in [-0.4, -0.2) is 27.1 Å². The summed E-state index contributed by atoms with van der Waals surface area (Å²) >= 11 is 1.20. The van der Waals surface area contributed by atoms with Crippen molar-refractivity contribution in [3.05, 3.63) is 35.3 Å². The lowest BCUT2D eigenvalue weighted by molar-refractivity contribution is 0.413. The molecule has 0 atom stereocenters. The molecule has 6 nitrogen and oxygen atoms in total. The van der Waals surface area contributed by atoms with Crippen LogP contribution in [0.1, 0.15) is 5.56 Å². The van der Waals surface area contributed by atoms with Crippen LogP contribution in [0.25, 0.3) is 0 Å². The van der Waals surface area contributed by atoms with Crippen molar-refractivity contribution in [1.82, 2.24) is 4.98 Å². The fourth-order valence-corrected chi connectivity index (χ4v) is 3.36. The SMILES string of the molecule is COc1ccc(S(=O)(=O)Nc2nccs2)cc1C#CCN. The molecule has 0 amide bonds. The molecule has 3 N–H and O–H groups in total. The van der Waals surface area contributed by atoms with Crippen molar-refractivity contribution < 1.29 is 13.2 Å². The summed E-state index contributed by atoms with van der Waals surface area (Å²) in [4.78, 5) is 3.97. The Kier molecular flexibility index (Phi) is 4.80. The largest absolute Gasteiger partial charge is 0.495 e. The van der Waals surface area contributed by atoms with Crippen molar-refractivity contribution in [1.29, 1.82) is 0 Å². The maximum Gasteiger partial charge on any atom is 0.263 e. The van der Waals surface area contributed by atoms with Crippen LogP contribution in [0.4, 0.5) is 5.13 Å². The second-order valence-corrected chi connectivity index (χ2v) is 6.39. The molecule has 2 rings (SSSR count). The van der Waals surface area contributed by atoms with Gasteiger partial charge in [-0.15, -0.1) is 11.3 Å². The van der Waals surface area contributed by atoms with E-state index in [1.807, 2.05) is 0 Å². The van der Waals surface area contributed by atoms with E-state index in [1.54, 1.807) is 11.4 Å². The zero-order valence-corrected chi connectivity index (χ0v) is 12.8. The second-order valence-electron chi connectivity index (χ2n) is 3.81. The van der Waals surface area contributed by atoms with Crippen LogP contribution in [-0.2, 0) is 10.0 Å². The van der Waals surface area contributed by atoms with Gasteiger partial charge in [0.15, 0.2) is 5.13 Å². The van der Waals surface area contributed by atoms with Crippen LogP contribution in [0.15, 0.2) is 34.7 Å². The van der Waals surface area contributed by atoms with E-state index < -0.39 is 10.0 Å². The zero-order chi connectivity index (χ0) is 15.3. The summed E-state index contributed by atoms with van der Waals surface area (Å²) in [6.45, 7) is 0.178. The zero-order valence-electron chi connectivity index (χ0n) is 11.2. The Morgan fingerprint density at radius 1 is 1.48 bits per heavy atom. The first-order chi connectivity index (χ1) is 10.1. The van der Waals surface area contributed by atoms with E-state index in [9.17, 15) is 8.42 Å². The average molecular weight is 323 g/mol. The van der Waals surface area contributed by atoms with Gasteiger partial charge in [0, 0.05) is 11.6 Å². The van der Waals surface area contributed by atoms with Crippen molar-refractivity contribution in [3.8, 4) is 17.6 Å². The molecule has 1 heterocycles. The van der Waals surface area contributed by atoms with Gasteiger partial charge in [-0.1, -0.05) is 11.8 Å². The molecular weight excluding hydrogens is 310 g/mol. The summed E-state index contributed by atoms with van der Waals surface area (Å²) in [5, 5.41) is 1.99. The maximum absolute atomic E-state index is 12.3. The van der Waals surface area contributed by atoms with Crippen LogP contribution >= 0.6 is 11.3 Å². The molecule has 0 radical (unpaired) electrons. The van der Waals surface area contributed by atoms with Gasteiger partial charge in [-0.25, -0.2) is 13.4 Å². The fraction of sp³-hybridized carbons (Fsp3) is 0.154. The fourth-order valence-electron chi connectivity index (χ4n) is 1.55. The van der Waals surface area contributed by atoms with Crippen molar-refractivity contribution in [2.75, 3.05) is 18.4 Å². The Bertz CT molecular complexity index is 775. The van der Waals surface area contributed by atoms with E-state index in [-0.39, 0.29) is 11.4 Å². The summed E-state index contributed by atoms with van der Waals surface area (Å²) in [6.07, 6.45) is 1.52. The van der Waals surface area contributed by atoms with Gasteiger partial charge in [0.1, 0.15) is 5.75 Å². The average Bonchev–Trinajstić information content (AvgIpc) is 2.96. The maximum atomic E-state index is 12.3. The molecule has 110 valence electrons. The van der Waals surface area contributed by atoms with Crippen LogP contribution in [0.2, 0.25) is 0 Å². The molecule has 21 heavy (non-hydrogen) atoms. The third-order valence-corrected chi connectivity index (χ3v) is 4.61. The Hall–Kier alpha value is -2.08. The number of hydrogen-bond acceptors (Lipinski definition) is 6. The molecule has 0 aliphatic rings. The first kappa shape index (κ1) is 15.3. The van der Waals surface area contributed by atoms with Crippen LogP contribution in [0.3, 0.4) is 0 Å². The predicted octanol–water partition coefficient (Wildman–Crippen LogP) is 1.26. The van der Waals surface area contributed by atoms with E-state index in [2.05, 4.69) is 21.5 Å². The second kappa shape index (κ2) is 6.58. The van der Waals surface area contributed by atoms with Gasteiger partial charge in [-0.2, -0.15) is 0 Å². The van der Waals surface area contributed by atoms with Gasteiger partial charge in [-0.3, -0.25) is 4.72 Å². The molecule has 0 aliphatic heterocycles. The summed E-state index contributed by atoms with van der Waals surface area (Å²) in [7, 11) is -2.22. The van der Waals surface area contributed by atoms with Gasteiger partial charge in [-0.05, 0) is 18.2 Å². The molecule has 0 unspecified atom stereocenters. The van der Waals surface area contributed by atoms with Gasteiger partial charge in [0.2, 0.25) is 0 Å². The van der Waals surface area contributed by atoms with Crippen LogP contribution in [0, 0.1) is 11.8 Å². The molecular formula is C13H13N3O3S2. The van der Waals surface area contributed by atoms with E-state index in [4.69, 9.17) is 10.5 Å². The lowest BCUT2D eigenvalue weighted by Gasteiger charge is -2.08. The van der Waals surface area contributed by atoms with E-state index in [1.165, 1.54) is 36.8 Å². The van der Waals surface area contributed by atoms with Crippen molar-refractivity contribution in [2.24, 2.45) is 5.73 Å². The third kappa shape index (κ3) is 3.72. The van der Waals surface area contributed by atoms with Crippen molar-refractivity contribution in [3.63, 3.8) is 0 Å². The summed E-state index contributed by atoms with van der Waals surface area (Å²) < 4.78 is 32.1. The number of methoxy groups -OCH3 is 1. The topological polar surface area (TPSA) is 94.3 Å². The smallest absolute Gasteiger partial charge is 0.263 e. The highest BCUT2D eigenvalue weighted by molar-refractivity contribution is 7.93. The molecule has 1 aromatic heterocycles. The van der Waals surface area contributed by atoms with E-state index in [0.717, 1.165) is 0 Å². The number of anilines is 1. The number of nitrogens with zero attached hydrogens (tertiary/aromatic N) is 1. The van der Waals surface area contributed by atoms with E-state index in [0.29, 0.717) is 16.4 Å². The van der Waals surface area contributed by atoms with Crippen LogP contribution < -0.4 is 15.2 Å². The third-order valence-electron chi connectivity index (χ3n) is 2.46. The Balaban J connectivity index is 2.39. The molecule has 2 aromatic rings. The number of nitrogens with one attached hydrogen (secondary N) is 1. The summed E-state index contributed by atoms with van der Waals surface area (Å²) in [5.41, 5.74) is 5.79. The van der Waals surface area contributed by atoms with Crippen molar-refractivity contribution >= 4 is 26.5 Å². The van der Waals surface area contributed by atoms with Gasteiger partial charge < -0.3 is 10.5 Å². The number of rotatable bonds is 4. The van der Waals surface area contributed by atoms with E-state index >= 15 is 0 Å². The molecule has 0 saturated carbocycles. The highest BCUT2D eigenvalue weighted by Gasteiger charge is 2.17. The molecule has 0 bridgehead atoms. The van der Waals surface area contributed by atoms with Gasteiger partial charge >= 0.3 is 0 Å². The molecule has 0 aliphatic carbocycles. The molecule has 0 fully saturated rings. The predicted molar refractivity (Wildman–Crippen MR) is 81.8 cm³/mol. The number of ether oxygens (including phenoxy) is 1. The highest BCUT2D eigenvalue weighted by atomic mass is 32.2. The van der Waals surface area contributed by atoms with Gasteiger partial charge in [0.05, 0.1) is 24.1 Å². The number of hydrogen-bond donors (Lipinski definition) is 2. The Morgan fingerprint density at radius 3 is 2.90 bits per heavy atom. The minimum absolute atomic E-state index is 0.0832. The molecule has 0 spiro atoms. The monoisotopic (exact) mass is 323 g/mol. The molecule has 1 aromatic carbocycles. The lowest BCUT2D eigenvalue weighted by atomic mass is 10.2. The number of aromatic nitrogens is 1. The summed E-state index contributed by atoms with van der Waals surface area (Å²) in [5.74, 6) is 5.96. The first-order valence-electron chi connectivity index (χ1n) is 5.86. The minimum atomic E-state index is -3.71. The normalized spacial score (nSPS) is 10.6. The van der Waals surface area contributed by atoms with Gasteiger partial charge in [0.25, 0.3) is 10.0 Å². The number of sulfonamides is 1. The highest BCUT2D eigenvalue weighted by Crippen LogP contribution is 2.23. The number of nitrogens with two attached hydrogens (primary N) is 1. The Morgan fingerprint density at radius 2 is 2.29 bits per heavy atom. The standard InChI is InChI=1S/C13H13N3O3S2/c1-19-12-5-4-11(9-10(12)3-2-6-14)21(17,18)16-13-15-7-8-20-13/h4-5,7-9H,6,14H2,1H3,(H,15,16). The lowest BCUT2D eigenvalue weighted by Crippen LogP contribution is -2.13. The van der Waals surface area contributed by atoms with Crippen LogP contribution in [0.5, 0.6) is 5.75 Å². The number of thiazole rings is 1. The summed E-state index contributed by atoms with van der Waals surface area (Å²) in [6, 6.07) is 4.44. The van der Waals surface area contributed by atoms with Crippen molar-refractivity contribution in [2.45, 2.75) is 4.90 Å². The quantitative estimate of drug-likeness (QED) is 0.826. The first-order valence-corrected chi connectivity index (χ1v) is 8.22. The molecule has 8 heteroatoms. The molecule has 0 saturated heterocycles. The minimum Gasteiger partial charge on any atom is -0.495 e.